The van der Waals surface area contributed by atoms with Crippen LogP contribution in [0.2, 0.25) is 0 Å². The quantitative estimate of drug-likeness (QED) is 0.726. The minimum Gasteiger partial charge on any atom is -0.493 e. The summed E-state index contributed by atoms with van der Waals surface area (Å²) in [4.78, 5) is 0.00438. The molecule has 0 saturated heterocycles. The fourth-order valence-corrected chi connectivity index (χ4v) is 3.27. The van der Waals surface area contributed by atoms with Crippen molar-refractivity contribution in [3.63, 3.8) is 0 Å². The van der Waals surface area contributed by atoms with Gasteiger partial charge in [-0.15, -0.1) is 0 Å². The maximum absolute atomic E-state index is 12.4. The summed E-state index contributed by atoms with van der Waals surface area (Å²) in [7, 11) is 1.62. The summed E-state index contributed by atoms with van der Waals surface area (Å²) in [5.41, 5.74) is 0.677. The number of hydrogen-bond acceptors (Lipinski definition) is 3. The number of ether oxygens (including phenoxy) is 1. The van der Waals surface area contributed by atoms with E-state index in [1.807, 2.05) is 6.92 Å². The Bertz CT molecular complexity index is 727. The van der Waals surface area contributed by atoms with Crippen LogP contribution in [0.25, 0.3) is 10.9 Å². The van der Waals surface area contributed by atoms with Crippen LogP contribution in [-0.2, 0) is 15.6 Å². The van der Waals surface area contributed by atoms with Crippen LogP contribution in [0.4, 0.5) is 4.39 Å². The van der Waals surface area contributed by atoms with E-state index < -0.39 is 15.7 Å². The first-order valence-electron chi connectivity index (χ1n) is 6.74. The third-order valence-corrected chi connectivity index (χ3v) is 4.42. The fraction of sp³-hybridized carbons (Fsp3) is 0.429. The molecule has 7 heteroatoms. The van der Waals surface area contributed by atoms with Gasteiger partial charge in [-0.25, -0.2) is 8.42 Å². The Morgan fingerprint density at radius 1 is 1.38 bits per heavy atom. The van der Waals surface area contributed by atoms with E-state index in [0.717, 1.165) is 6.42 Å². The van der Waals surface area contributed by atoms with E-state index >= 15 is 0 Å². The molecule has 1 heterocycles. The van der Waals surface area contributed by atoms with Gasteiger partial charge in [0.05, 0.1) is 24.2 Å². The van der Waals surface area contributed by atoms with Gasteiger partial charge >= 0.3 is 0 Å². The van der Waals surface area contributed by atoms with Gasteiger partial charge in [-0.05, 0) is 25.0 Å². The molecule has 0 fully saturated rings. The maximum Gasteiger partial charge on any atom is 0.263 e. The van der Waals surface area contributed by atoms with E-state index in [1.54, 1.807) is 22.8 Å². The van der Waals surface area contributed by atoms with Crippen LogP contribution in [0.5, 0.6) is 5.75 Å². The first kappa shape index (κ1) is 16.1. The van der Waals surface area contributed by atoms with Gasteiger partial charge in [0.1, 0.15) is 10.6 Å². The zero-order valence-electron chi connectivity index (χ0n) is 11.7. The fourth-order valence-electron chi connectivity index (χ4n) is 2.21. The minimum atomic E-state index is -3.90. The highest BCUT2D eigenvalue weighted by atomic mass is 35.7. The number of halogens is 2. The van der Waals surface area contributed by atoms with Gasteiger partial charge in [-0.2, -0.15) is 0 Å². The SMILES string of the molecule is CCCOc1cccc2c1c(S(=O)(=O)Cl)cn2CCCF. The molecule has 1 aromatic heterocycles. The van der Waals surface area contributed by atoms with Crippen molar-refractivity contribution in [2.75, 3.05) is 13.3 Å². The summed E-state index contributed by atoms with van der Waals surface area (Å²) in [6.07, 6.45) is 2.56. The molecule has 1 aromatic carbocycles. The molecule has 2 rings (SSSR count). The number of nitrogens with zero attached hydrogens (tertiary/aromatic N) is 1. The lowest BCUT2D eigenvalue weighted by molar-refractivity contribution is 0.321. The molecule has 0 N–H and O–H groups in total. The normalized spacial score (nSPS) is 12.0. The molecule has 4 nitrogen and oxygen atoms in total. The first-order chi connectivity index (χ1) is 9.99. The van der Waals surface area contributed by atoms with Gasteiger partial charge in [0.2, 0.25) is 0 Å². The minimum absolute atomic E-state index is 0.00438. The predicted octanol–water partition coefficient (Wildman–Crippen LogP) is 3.72. The third-order valence-electron chi connectivity index (χ3n) is 3.09. The molecule has 0 radical (unpaired) electrons. The van der Waals surface area contributed by atoms with Crippen LogP contribution in [0.3, 0.4) is 0 Å². The Hall–Kier alpha value is -1.27. The number of alkyl halides is 1. The summed E-state index contributed by atoms with van der Waals surface area (Å²) in [6.45, 7) is 2.37. The van der Waals surface area contributed by atoms with E-state index in [4.69, 9.17) is 15.4 Å². The summed E-state index contributed by atoms with van der Waals surface area (Å²) in [5, 5.41) is 0.458. The second-order valence-corrected chi connectivity index (χ2v) is 7.20. The van der Waals surface area contributed by atoms with E-state index in [0.29, 0.717) is 36.2 Å². The summed E-state index contributed by atoms with van der Waals surface area (Å²) < 4.78 is 43.3. The largest absolute Gasteiger partial charge is 0.493 e. The number of aryl methyl sites for hydroxylation is 1. The van der Waals surface area contributed by atoms with Crippen molar-refractivity contribution in [2.45, 2.75) is 31.2 Å². The van der Waals surface area contributed by atoms with E-state index in [2.05, 4.69) is 0 Å². The summed E-state index contributed by atoms with van der Waals surface area (Å²) in [6, 6.07) is 5.27. The second-order valence-electron chi connectivity index (χ2n) is 4.67. The lowest BCUT2D eigenvalue weighted by Crippen LogP contribution is -1.98. The number of aromatic nitrogens is 1. The lowest BCUT2D eigenvalue weighted by Gasteiger charge is -2.08. The molecule has 0 bridgehead atoms. The molecule has 0 aliphatic heterocycles. The highest BCUT2D eigenvalue weighted by Gasteiger charge is 2.21. The number of fused-ring (bicyclic) bond motifs is 1. The van der Waals surface area contributed by atoms with Gasteiger partial charge in [0.15, 0.2) is 0 Å². The van der Waals surface area contributed by atoms with Crippen molar-refractivity contribution in [3.8, 4) is 5.75 Å². The Labute approximate surface area is 127 Å². The Morgan fingerprint density at radius 3 is 2.76 bits per heavy atom. The van der Waals surface area contributed by atoms with E-state index in [1.165, 1.54) is 6.20 Å². The van der Waals surface area contributed by atoms with E-state index in [9.17, 15) is 12.8 Å². The number of benzene rings is 1. The van der Waals surface area contributed by atoms with Crippen LogP contribution in [-0.4, -0.2) is 26.3 Å². The molecule has 0 unspecified atom stereocenters. The second kappa shape index (κ2) is 6.66. The van der Waals surface area contributed by atoms with Crippen LogP contribution >= 0.6 is 10.7 Å². The van der Waals surface area contributed by atoms with Crippen molar-refractivity contribution < 1.29 is 17.5 Å². The summed E-state index contributed by atoms with van der Waals surface area (Å²) >= 11 is 0. The molecule has 0 saturated carbocycles. The zero-order valence-corrected chi connectivity index (χ0v) is 13.3. The molecule has 116 valence electrons. The van der Waals surface area contributed by atoms with Gasteiger partial charge in [0.25, 0.3) is 9.05 Å². The molecule has 0 spiro atoms. The average molecular weight is 334 g/mol. The highest BCUT2D eigenvalue weighted by Crippen LogP contribution is 2.35. The van der Waals surface area contributed by atoms with Gasteiger partial charge in [-0.1, -0.05) is 13.0 Å². The summed E-state index contributed by atoms with van der Waals surface area (Å²) in [5.74, 6) is 0.479. The molecule has 0 atom stereocenters. The van der Waals surface area contributed by atoms with Crippen LogP contribution in [0.15, 0.2) is 29.3 Å². The average Bonchev–Trinajstić information content (AvgIpc) is 2.82. The standard InChI is InChI=1S/C14H17ClFNO3S/c1-2-9-20-12-6-3-5-11-14(12)13(21(15,18)19)10-17(11)8-4-7-16/h3,5-6,10H,2,4,7-9H2,1H3. The van der Waals surface area contributed by atoms with Crippen LogP contribution in [0.1, 0.15) is 19.8 Å². The van der Waals surface area contributed by atoms with E-state index in [-0.39, 0.29) is 4.90 Å². The lowest BCUT2D eigenvalue weighted by atomic mass is 10.2. The van der Waals surface area contributed by atoms with Gasteiger partial charge < -0.3 is 9.30 Å². The van der Waals surface area contributed by atoms with Gasteiger partial charge in [-0.3, -0.25) is 4.39 Å². The molecular weight excluding hydrogens is 317 g/mol. The first-order valence-corrected chi connectivity index (χ1v) is 9.05. The molecule has 0 amide bonds. The molecular formula is C14H17ClFNO3S. The monoisotopic (exact) mass is 333 g/mol. The third kappa shape index (κ3) is 3.49. The van der Waals surface area contributed by atoms with Crippen molar-refractivity contribution >= 4 is 30.6 Å². The van der Waals surface area contributed by atoms with Crippen LogP contribution < -0.4 is 4.74 Å². The van der Waals surface area contributed by atoms with Crippen LogP contribution in [0, 0.1) is 0 Å². The molecule has 0 aliphatic rings. The Morgan fingerprint density at radius 2 is 2.14 bits per heavy atom. The Balaban J connectivity index is 2.63. The highest BCUT2D eigenvalue weighted by molar-refractivity contribution is 8.14. The van der Waals surface area contributed by atoms with Crippen molar-refractivity contribution in [1.29, 1.82) is 0 Å². The molecule has 21 heavy (non-hydrogen) atoms. The van der Waals surface area contributed by atoms with Gasteiger partial charge in [0, 0.05) is 23.4 Å². The molecule has 0 aliphatic carbocycles. The zero-order chi connectivity index (χ0) is 15.5. The number of rotatable bonds is 7. The molecule has 2 aromatic rings. The van der Waals surface area contributed by atoms with Crippen molar-refractivity contribution in [2.24, 2.45) is 0 Å². The number of hydrogen-bond donors (Lipinski definition) is 0. The van der Waals surface area contributed by atoms with Crippen molar-refractivity contribution in [1.82, 2.24) is 4.57 Å². The van der Waals surface area contributed by atoms with Crippen molar-refractivity contribution in [3.05, 3.63) is 24.4 Å². The topological polar surface area (TPSA) is 48.3 Å². The smallest absolute Gasteiger partial charge is 0.263 e. The Kier molecular flexibility index (Phi) is 5.11. The predicted molar refractivity (Wildman–Crippen MR) is 81.4 cm³/mol. The maximum atomic E-state index is 12.4.